The van der Waals surface area contributed by atoms with E-state index in [1.165, 1.54) is 0 Å². The van der Waals surface area contributed by atoms with E-state index < -0.39 is 6.16 Å². The quantitative estimate of drug-likeness (QED) is 0.350. The lowest BCUT2D eigenvalue weighted by Crippen LogP contribution is -2.18. The summed E-state index contributed by atoms with van der Waals surface area (Å²) in [5.74, 6) is 0. The zero-order valence-corrected chi connectivity index (χ0v) is 6.61. The lowest BCUT2D eigenvalue weighted by Gasteiger charge is -1.98. The van der Waals surface area contributed by atoms with Crippen LogP contribution in [0.4, 0.5) is 9.18 Å². The first-order valence-electron chi connectivity index (χ1n) is 3.90. The Balaban J connectivity index is 2.85. The van der Waals surface area contributed by atoms with Gasteiger partial charge in [-0.3, -0.25) is 0 Å². The molecule has 0 rings (SSSR count). The van der Waals surface area contributed by atoms with Crippen LogP contribution in [0.1, 0.15) is 25.7 Å². The van der Waals surface area contributed by atoms with Crippen LogP contribution in [0.15, 0.2) is 0 Å². The fraction of sp³-hybridized carbons (Fsp3) is 0.857. The molecule has 0 saturated carbocycles. The summed E-state index contributed by atoms with van der Waals surface area (Å²) in [7, 11) is 0. The van der Waals surface area contributed by atoms with Crippen molar-refractivity contribution in [2.45, 2.75) is 25.7 Å². The second-order valence-electron chi connectivity index (χ2n) is 2.40. The summed E-state index contributed by atoms with van der Waals surface area (Å²) in [6, 6.07) is 0. The Kier molecular flexibility index (Phi) is 7.03. The molecule has 0 spiro atoms. The number of unbranched alkanes of at least 4 members (excludes halogenated alkanes) is 3. The van der Waals surface area contributed by atoms with Gasteiger partial charge >= 0.3 is 6.16 Å². The molecule has 0 heterocycles. The molecule has 3 N–H and O–H groups in total. The molecule has 1 amide bonds. The van der Waals surface area contributed by atoms with Gasteiger partial charge in [-0.2, -0.15) is 0 Å². The van der Waals surface area contributed by atoms with Crippen molar-refractivity contribution in [3.05, 3.63) is 0 Å². The van der Waals surface area contributed by atoms with Gasteiger partial charge in [-0.05, 0) is 19.4 Å². The number of amides is 1. The van der Waals surface area contributed by atoms with Gasteiger partial charge < -0.3 is 11.1 Å². The van der Waals surface area contributed by atoms with Crippen molar-refractivity contribution < 1.29 is 9.18 Å². The smallest absolute Gasteiger partial charge is 0.330 e. The SMILES string of the molecule is NCCCCCCNC(=O)F. The fourth-order valence-corrected chi connectivity index (χ4v) is 0.810. The van der Waals surface area contributed by atoms with Crippen molar-refractivity contribution in [2.75, 3.05) is 13.1 Å². The van der Waals surface area contributed by atoms with Gasteiger partial charge in [-0.1, -0.05) is 12.8 Å². The van der Waals surface area contributed by atoms with Crippen molar-refractivity contribution >= 4 is 6.16 Å². The number of hydrogen-bond donors (Lipinski definition) is 2. The van der Waals surface area contributed by atoms with Crippen molar-refractivity contribution in [1.82, 2.24) is 5.32 Å². The van der Waals surface area contributed by atoms with Crippen LogP contribution in [0, 0.1) is 0 Å². The van der Waals surface area contributed by atoms with Crippen LogP contribution >= 0.6 is 0 Å². The molecule has 0 radical (unpaired) electrons. The molecule has 0 aromatic heterocycles. The minimum absolute atomic E-state index is 0.430. The summed E-state index contributed by atoms with van der Waals surface area (Å²) >= 11 is 0. The normalized spacial score (nSPS) is 9.64. The molecule has 0 atom stereocenters. The highest BCUT2D eigenvalue weighted by atomic mass is 19.1. The second kappa shape index (κ2) is 7.47. The molecule has 0 aliphatic carbocycles. The van der Waals surface area contributed by atoms with Crippen molar-refractivity contribution in [1.29, 1.82) is 0 Å². The Bertz CT molecular complexity index is 109. The Morgan fingerprint density at radius 3 is 2.45 bits per heavy atom. The molecule has 0 saturated heterocycles. The Morgan fingerprint density at radius 1 is 1.27 bits per heavy atom. The van der Waals surface area contributed by atoms with Gasteiger partial charge in [-0.25, -0.2) is 4.79 Å². The summed E-state index contributed by atoms with van der Waals surface area (Å²) < 4.78 is 11.5. The first-order valence-corrected chi connectivity index (χ1v) is 3.90. The van der Waals surface area contributed by atoms with Crippen molar-refractivity contribution in [3.8, 4) is 0 Å². The molecule has 0 bridgehead atoms. The molecule has 0 fully saturated rings. The minimum Gasteiger partial charge on any atom is -0.330 e. The number of hydrogen-bond acceptors (Lipinski definition) is 2. The molecule has 0 unspecified atom stereocenters. The predicted octanol–water partition coefficient (Wildman–Crippen LogP) is 1.18. The Labute approximate surface area is 66.1 Å². The van der Waals surface area contributed by atoms with E-state index in [0.29, 0.717) is 13.1 Å². The monoisotopic (exact) mass is 162 g/mol. The Morgan fingerprint density at radius 2 is 1.91 bits per heavy atom. The van der Waals surface area contributed by atoms with E-state index in [9.17, 15) is 9.18 Å². The van der Waals surface area contributed by atoms with E-state index in [1.54, 1.807) is 0 Å². The third-order valence-corrected chi connectivity index (χ3v) is 1.39. The van der Waals surface area contributed by atoms with E-state index in [2.05, 4.69) is 5.32 Å². The Hall–Kier alpha value is -0.640. The van der Waals surface area contributed by atoms with Crippen LogP contribution in [0.25, 0.3) is 0 Å². The molecule has 0 aromatic carbocycles. The average molecular weight is 162 g/mol. The molecule has 0 aliphatic rings. The number of nitrogens with two attached hydrogens (primary N) is 1. The summed E-state index contributed by atoms with van der Waals surface area (Å²) in [5, 5.41) is 2.09. The van der Waals surface area contributed by atoms with E-state index in [-0.39, 0.29) is 0 Å². The number of nitrogens with one attached hydrogen (secondary N) is 1. The maximum atomic E-state index is 11.5. The number of halogens is 1. The molecule has 0 aromatic rings. The van der Waals surface area contributed by atoms with Crippen LogP contribution in [0.2, 0.25) is 0 Å². The van der Waals surface area contributed by atoms with Crippen LogP contribution in [0.5, 0.6) is 0 Å². The van der Waals surface area contributed by atoms with E-state index in [0.717, 1.165) is 25.7 Å². The molecular formula is C7H15FN2O. The van der Waals surface area contributed by atoms with Crippen LogP contribution in [0.3, 0.4) is 0 Å². The van der Waals surface area contributed by atoms with Gasteiger partial charge in [-0.15, -0.1) is 4.39 Å². The van der Waals surface area contributed by atoms with Gasteiger partial charge in [0.05, 0.1) is 0 Å². The molecule has 11 heavy (non-hydrogen) atoms. The first kappa shape index (κ1) is 10.4. The van der Waals surface area contributed by atoms with Gasteiger partial charge in [0.1, 0.15) is 0 Å². The fourth-order valence-electron chi connectivity index (χ4n) is 0.810. The summed E-state index contributed by atoms with van der Waals surface area (Å²) in [6.07, 6.45) is 2.44. The van der Waals surface area contributed by atoms with Gasteiger partial charge in [0.25, 0.3) is 0 Å². The van der Waals surface area contributed by atoms with Crippen molar-refractivity contribution in [3.63, 3.8) is 0 Å². The van der Waals surface area contributed by atoms with E-state index >= 15 is 0 Å². The van der Waals surface area contributed by atoms with Gasteiger partial charge in [0.2, 0.25) is 0 Å². The van der Waals surface area contributed by atoms with Crippen LogP contribution < -0.4 is 11.1 Å². The van der Waals surface area contributed by atoms with Gasteiger partial charge in [0.15, 0.2) is 0 Å². The summed E-state index contributed by atoms with van der Waals surface area (Å²) in [6.45, 7) is 1.13. The highest BCUT2D eigenvalue weighted by Gasteiger charge is 1.93. The largest absolute Gasteiger partial charge is 0.397 e. The second-order valence-corrected chi connectivity index (χ2v) is 2.40. The maximum Gasteiger partial charge on any atom is 0.397 e. The molecule has 66 valence electrons. The predicted molar refractivity (Wildman–Crippen MR) is 42.0 cm³/mol. The zero-order chi connectivity index (χ0) is 8.53. The first-order chi connectivity index (χ1) is 5.27. The standard InChI is InChI=1S/C7H15FN2O/c8-7(11)10-6-4-2-1-3-5-9/h1-6,9H2,(H,10,11). The highest BCUT2D eigenvalue weighted by molar-refractivity contribution is 5.65. The lowest BCUT2D eigenvalue weighted by molar-refractivity contribution is 0.221. The third-order valence-electron chi connectivity index (χ3n) is 1.39. The van der Waals surface area contributed by atoms with E-state index in [4.69, 9.17) is 5.73 Å². The molecule has 4 heteroatoms. The lowest BCUT2D eigenvalue weighted by atomic mass is 10.2. The zero-order valence-electron chi connectivity index (χ0n) is 6.61. The summed E-state index contributed by atoms with van der Waals surface area (Å²) in [5.41, 5.74) is 5.26. The van der Waals surface area contributed by atoms with Crippen LogP contribution in [-0.2, 0) is 0 Å². The maximum absolute atomic E-state index is 11.5. The topological polar surface area (TPSA) is 55.1 Å². The van der Waals surface area contributed by atoms with Crippen molar-refractivity contribution in [2.24, 2.45) is 5.73 Å². The summed E-state index contributed by atoms with van der Waals surface area (Å²) in [4.78, 5) is 9.73. The molecule has 3 nitrogen and oxygen atoms in total. The molecular weight excluding hydrogens is 147 g/mol. The van der Waals surface area contributed by atoms with Crippen LogP contribution in [-0.4, -0.2) is 19.3 Å². The van der Waals surface area contributed by atoms with Gasteiger partial charge in [0, 0.05) is 6.54 Å². The average Bonchev–Trinajstić information content (AvgIpc) is 1.96. The number of carbonyl (C=O) groups is 1. The molecule has 0 aliphatic heterocycles. The third kappa shape index (κ3) is 9.36. The minimum atomic E-state index is -1.44. The highest BCUT2D eigenvalue weighted by Crippen LogP contribution is 1.96. The van der Waals surface area contributed by atoms with E-state index in [1.807, 2.05) is 0 Å². The number of carbonyl (C=O) groups excluding carboxylic acids is 1. The number of rotatable bonds is 6.